The van der Waals surface area contributed by atoms with Crippen molar-refractivity contribution in [2.75, 3.05) is 16.0 Å². The SMILES string of the molecule is Cc1ccc(/C=C/C(=O)NC(=S)Nc2ccccc2C(=O)Nc2ccc(Nc3ccccc3)cc2)cc1. The largest absolute Gasteiger partial charge is 0.356 e. The summed E-state index contributed by atoms with van der Waals surface area (Å²) in [6.45, 7) is 2.00. The molecule has 4 aromatic carbocycles. The zero-order valence-corrected chi connectivity index (χ0v) is 21.0. The van der Waals surface area contributed by atoms with Crippen LogP contribution in [0.1, 0.15) is 21.5 Å². The zero-order valence-electron chi connectivity index (χ0n) is 20.2. The third-order valence-electron chi connectivity index (χ3n) is 5.37. The number of hydrogen-bond acceptors (Lipinski definition) is 4. The summed E-state index contributed by atoms with van der Waals surface area (Å²) in [5.41, 5.74) is 5.46. The maximum absolute atomic E-state index is 13.0. The highest BCUT2D eigenvalue weighted by Gasteiger charge is 2.13. The lowest BCUT2D eigenvalue weighted by molar-refractivity contribution is -0.115. The van der Waals surface area contributed by atoms with E-state index in [1.807, 2.05) is 85.8 Å². The van der Waals surface area contributed by atoms with E-state index < -0.39 is 0 Å². The van der Waals surface area contributed by atoms with Crippen molar-refractivity contribution in [2.45, 2.75) is 6.92 Å². The summed E-state index contributed by atoms with van der Waals surface area (Å²) < 4.78 is 0. The number of anilines is 4. The van der Waals surface area contributed by atoms with Crippen molar-refractivity contribution in [1.82, 2.24) is 5.32 Å². The Bertz CT molecular complexity index is 1420. The molecule has 37 heavy (non-hydrogen) atoms. The van der Waals surface area contributed by atoms with E-state index in [0.717, 1.165) is 22.5 Å². The van der Waals surface area contributed by atoms with E-state index in [1.165, 1.54) is 6.08 Å². The van der Waals surface area contributed by atoms with E-state index in [-0.39, 0.29) is 16.9 Å². The maximum Gasteiger partial charge on any atom is 0.257 e. The molecular formula is C30H26N4O2S. The Morgan fingerprint density at radius 2 is 1.32 bits per heavy atom. The van der Waals surface area contributed by atoms with Gasteiger partial charge in [0.15, 0.2) is 5.11 Å². The number of carbonyl (C=O) groups is 2. The van der Waals surface area contributed by atoms with Crippen molar-refractivity contribution >= 4 is 58.0 Å². The molecule has 0 aliphatic heterocycles. The van der Waals surface area contributed by atoms with Crippen molar-refractivity contribution in [3.05, 3.63) is 126 Å². The van der Waals surface area contributed by atoms with E-state index in [2.05, 4.69) is 21.3 Å². The number of amides is 2. The van der Waals surface area contributed by atoms with Gasteiger partial charge in [0.1, 0.15) is 0 Å². The van der Waals surface area contributed by atoms with E-state index in [4.69, 9.17) is 12.2 Å². The van der Waals surface area contributed by atoms with Gasteiger partial charge < -0.3 is 16.0 Å². The fourth-order valence-corrected chi connectivity index (χ4v) is 3.68. The van der Waals surface area contributed by atoms with Crippen molar-refractivity contribution in [3.63, 3.8) is 0 Å². The summed E-state index contributed by atoms with van der Waals surface area (Å²) in [5, 5.41) is 11.8. The van der Waals surface area contributed by atoms with Gasteiger partial charge in [0.2, 0.25) is 5.91 Å². The van der Waals surface area contributed by atoms with Crippen LogP contribution < -0.4 is 21.3 Å². The summed E-state index contributed by atoms with van der Waals surface area (Å²) in [6.07, 6.45) is 3.12. The van der Waals surface area contributed by atoms with Gasteiger partial charge in [0, 0.05) is 23.1 Å². The summed E-state index contributed by atoms with van der Waals surface area (Å²) in [5.74, 6) is -0.676. The van der Waals surface area contributed by atoms with Gasteiger partial charge in [-0.25, -0.2) is 0 Å². The molecule has 4 rings (SSSR count). The van der Waals surface area contributed by atoms with Crippen LogP contribution in [0, 0.1) is 6.92 Å². The monoisotopic (exact) mass is 506 g/mol. The summed E-state index contributed by atoms with van der Waals surface area (Å²) in [7, 11) is 0. The number of nitrogens with one attached hydrogen (secondary N) is 4. The van der Waals surface area contributed by atoms with Gasteiger partial charge in [-0.05, 0) is 79.3 Å². The molecule has 0 unspecified atom stereocenters. The molecule has 0 aliphatic carbocycles. The standard InChI is InChI=1S/C30H26N4O2S/c1-21-11-13-22(14-12-21)15-20-28(35)34-30(37)33-27-10-6-5-9-26(27)29(36)32-25-18-16-24(17-19-25)31-23-7-3-2-4-8-23/h2-20,31H,1H3,(H,32,36)(H2,33,34,35,37)/b20-15+. The predicted octanol–water partition coefficient (Wildman–Crippen LogP) is 6.52. The fraction of sp³-hybridized carbons (Fsp3) is 0.0333. The number of benzene rings is 4. The zero-order chi connectivity index (χ0) is 26.0. The lowest BCUT2D eigenvalue weighted by atomic mass is 10.1. The molecule has 0 saturated carbocycles. The Balaban J connectivity index is 1.35. The topological polar surface area (TPSA) is 82.3 Å². The van der Waals surface area contributed by atoms with Crippen LogP contribution in [-0.4, -0.2) is 16.9 Å². The average Bonchev–Trinajstić information content (AvgIpc) is 2.90. The number of para-hydroxylation sites is 2. The second-order valence-corrected chi connectivity index (χ2v) is 8.66. The summed E-state index contributed by atoms with van der Waals surface area (Å²) in [6, 6.07) is 32.0. The molecule has 7 heteroatoms. The Morgan fingerprint density at radius 3 is 2.05 bits per heavy atom. The van der Waals surface area contributed by atoms with E-state index in [1.54, 1.807) is 30.3 Å². The van der Waals surface area contributed by atoms with E-state index in [9.17, 15) is 9.59 Å². The minimum atomic E-state index is -0.371. The molecule has 0 spiro atoms. The lowest BCUT2D eigenvalue weighted by Crippen LogP contribution is -2.33. The van der Waals surface area contributed by atoms with Crippen LogP contribution in [0.4, 0.5) is 22.7 Å². The highest BCUT2D eigenvalue weighted by atomic mass is 32.1. The first-order chi connectivity index (χ1) is 18.0. The first-order valence-electron chi connectivity index (χ1n) is 11.7. The van der Waals surface area contributed by atoms with Gasteiger partial charge in [-0.2, -0.15) is 0 Å². The lowest BCUT2D eigenvalue weighted by Gasteiger charge is -2.13. The number of aryl methyl sites for hydroxylation is 1. The second-order valence-electron chi connectivity index (χ2n) is 8.26. The van der Waals surface area contributed by atoms with E-state index in [0.29, 0.717) is 16.9 Å². The predicted molar refractivity (Wildman–Crippen MR) is 155 cm³/mol. The molecule has 4 N–H and O–H groups in total. The molecule has 6 nitrogen and oxygen atoms in total. The van der Waals surface area contributed by atoms with Gasteiger partial charge in [0.25, 0.3) is 5.91 Å². The first kappa shape index (κ1) is 25.3. The van der Waals surface area contributed by atoms with E-state index >= 15 is 0 Å². The van der Waals surface area contributed by atoms with Crippen LogP contribution in [-0.2, 0) is 4.79 Å². The number of rotatable bonds is 7. The second kappa shape index (κ2) is 12.3. The van der Waals surface area contributed by atoms with Crippen molar-refractivity contribution < 1.29 is 9.59 Å². The van der Waals surface area contributed by atoms with Crippen molar-refractivity contribution in [3.8, 4) is 0 Å². The van der Waals surface area contributed by atoms with Gasteiger partial charge in [-0.3, -0.25) is 14.9 Å². The van der Waals surface area contributed by atoms with Crippen LogP contribution in [0.15, 0.2) is 109 Å². The molecule has 184 valence electrons. The minimum Gasteiger partial charge on any atom is -0.356 e. The molecule has 0 aromatic heterocycles. The molecule has 2 amide bonds. The smallest absolute Gasteiger partial charge is 0.257 e. The molecule has 0 radical (unpaired) electrons. The molecule has 0 aliphatic rings. The number of thiocarbonyl (C=S) groups is 1. The first-order valence-corrected chi connectivity index (χ1v) is 12.1. The van der Waals surface area contributed by atoms with Crippen LogP contribution in [0.2, 0.25) is 0 Å². The Kier molecular flexibility index (Phi) is 8.41. The maximum atomic E-state index is 13.0. The highest BCUT2D eigenvalue weighted by Crippen LogP contribution is 2.21. The molecule has 4 aromatic rings. The Labute approximate surface area is 221 Å². The average molecular weight is 507 g/mol. The van der Waals surface area contributed by atoms with Crippen LogP contribution >= 0.6 is 12.2 Å². The van der Waals surface area contributed by atoms with Crippen molar-refractivity contribution in [1.29, 1.82) is 0 Å². The summed E-state index contributed by atoms with van der Waals surface area (Å²) in [4.78, 5) is 25.3. The van der Waals surface area contributed by atoms with Crippen LogP contribution in [0.3, 0.4) is 0 Å². The fourth-order valence-electron chi connectivity index (χ4n) is 3.47. The molecule has 0 heterocycles. The molecule has 0 saturated heterocycles. The highest BCUT2D eigenvalue weighted by molar-refractivity contribution is 7.80. The normalized spacial score (nSPS) is 10.5. The number of hydrogen-bond donors (Lipinski definition) is 4. The molecule has 0 bridgehead atoms. The third kappa shape index (κ3) is 7.62. The van der Waals surface area contributed by atoms with Gasteiger partial charge in [-0.1, -0.05) is 60.2 Å². The summed E-state index contributed by atoms with van der Waals surface area (Å²) >= 11 is 5.29. The molecular weight excluding hydrogens is 480 g/mol. The Hall–Kier alpha value is -4.75. The molecule has 0 atom stereocenters. The number of carbonyl (C=O) groups excluding carboxylic acids is 2. The minimum absolute atomic E-state index is 0.0927. The third-order valence-corrected chi connectivity index (χ3v) is 5.57. The van der Waals surface area contributed by atoms with Gasteiger partial charge in [-0.15, -0.1) is 0 Å². The van der Waals surface area contributed by atoms with Gasteiger partial charge in [0.05, 0.1) is 11.3 Å². The van der Waals surface area contributed by atoms with Crippen LogP contribution in [0.25, 0.3) is 6.08 Å². The van der Waals surface area contributed by atoms with Crippen molar-refractivity contribution in [2.24, 2.45) is 0 Å². The van der Waals surface area contributed by atoms with Gasteiger partial charge >= 0.3 is 0 Å². The molecule has 0 fully saturated rings. The van der Waals surface area contributed by atoms with Crippen LogP contribution in [0.5, 0.6) is 0 Å². The Morgan fingerprint density at radius 1 is 0.703 bits per heavy atom. The quantitative estimate of drug-likeness (QED) is 0.170.